The molecule has 1 aliphatic heterocycles. The fourth-order valence-corrected chi connectivity index (χ4v) is 3.56. The number of nitrogens with zero attached hydrogens (tertiary/aromatic N) is 2. The largest absolute Gasteiger partial charge is 0.495 e. The van der Waals surface area contributed by atoms with E-state index in [-0.39, 0.29) is 11.1 Å². The number of aromatic nitrogens is 1. The summed E-state index contributed by atoms with van der Waals surface area (Å²) in [4.78, 5) is 18.1. The first-order chi connectivity index (χ1) is 11.4. The topological polar surface area (TPSA) is 82.9 Å². The van der Waals surface area contributed by atoms with E-state index in [4.69, 9.17) is 33.0 Å². The molecule has 128 valence electrons. The van der Waals surface area contributed by atoms with E-state index in [0.29, 0.717) is 22.8 Å². The van der Waals surface area contributed by atoms with E-state index in [1.165, 1.54) is 12.0 Å². The highest BCUT2D eigenvalue weighted by atomic mass is 35.5. The van der Waals surface area contributed by atoms with Crippen LogP contribution in [0.2, 0.25) is 10.0 Å². The molecule has 0 bridgehead atoms. The van der Waals surface area contributed by atoms with Crippen LogP contribution in [0.25, 0.3) is 10.9 Å². The van der Waals surface area contributed by atoms with Crippen LogP contribution in [0, 0.1) is 0 Å². The minimum absolute atomic E-state index is 0.286. The minimum Gasteiger partial charge on any atom is -0.495 e. The average Bonchev–Trinajstić information content (AvgIpc) is 2.93. The first-order valence-electron chi connectivity index (χ1n) is 7.33. The van der Waals surface area contributed by atoms with Crippen molar-refractivity contribution >= 4 is 40.0 Å². The summed E-state index contributed by atoms with van der Waals surface area (Å²) in [7, 11) is 1.50. The Morgan fingerprint density at radius 2 is 2.21 bits per heavy atom. The second-order valence-electron chi connectivity index (χ2n) is 5.64. The van der Waals surface area contributed by atoms with Crippen LogP contribution in [0.5, 0.6) is 5.75 Å². The van der Waals surface area contributed by atoms with Crippen LogP contribution in [-0.4, -0.2) is 45.8 Å². The van der Waals surface area contributed by atoms with Gasteiger partial charge in [0.05, 0.1) is 30.3 Å². The van der Waals surface area contributed by atoms with Gasteiger partial charge in [0.15, 0.2) is 6.10 Å². The summed E-state index contributed by atoms with van der Waals surface area (Å²) in [6.45, 7) is 1.53. The van der Waals surface area contributed by atoms with Crippen molar-refractivity contribution in [1.82, 2.24) is 9.88 Å². The Kier molecular flexibility index (Phi) is 4.57. The molecule has 0 aliphatic carbocycles. The standard InChI is InChI=1S/C16H16Cl2N2O4/c1-7-12-8(5-20(7)16(23)10(22)6-21)4-19-15-9(12)3-11(24-2)13(17)14(15)18/h3-4,7,10,21-22H,5-6H2,1-2H3/t7-,10?/m0/s1. The third-order valence-corrected chi connectivity index (χ3v) is 5.16. The Balaban J connectivity index is 2.16. The molecule has 2 aromatic rings. The molecule has 6 nitrogen and oxygen atoms in total. The fourth-order valence-electron chi connectivity index (χ4n) is 3.09. The van der Waals surface area contributed by atoms with Crippen LogP contribution in [0.15, 0.2) is 12.3 Å². The van der Waals surface area contributed by atoms with Crippen LogP contribution in [0.4, 0.5) is 0 Å². The zero-order chi connectivity index (χ0) is 17.6. The molecule has 0 fully saturated rings. The summed E-state index contributed by atoms with van der Waals surface area (Å²) in [6, 6.07) is 1.45. The number of amides is 1. The fraction of sp³-hybridized carbons (Fsp3) is 0.375. The predicted molar refractivity (Wildman–Crippen MR) is 90.4 cm³/mol. The Hall–Kier alpha value is -1.60. The van der Waals surface area contributed by atoms with Gasteiger partial charge in [-0.2, -0.15) is 0 Å². The number of hydrogen-bond acceptors (Lipinski definition) is 5. The van der Waals surface area contributed by atoms with Gasteiger partial charge in [0.2, 0.25) is 0 Å². The molecule has 0 saturated heterocycles. The zero-order valence-electron chi connectivity index (χ0n) is 13.1. The van der Waals surface area contributed by atoms with Crippen molar-refractivity contribution in [3.8, 4) is 5.75 Å². The predicted octanol–water partition coefficient (Wildman–Crippen LogP) is 2.31. The van der Waals surface area contributed by atoms with Crippen LogP contribution in [0.1, 0.15) is 24.1 Å². The number of aliphatic hydroxyl groups excluding tert-OH is 2. The van der Waals surface area contributed by atoms with Crippen molar-refractivity contribution < 1.29 is 19.7 Å². The minimum atomic E-state index is -1.44. The molecule has 2 N–H and O–H groups in total. The molecule has 24 heavy (non-hydrogen) atoms. The number of benzene rings is 1. The van der Waals surface area contributed by atoms with Crippen molar-refractivity contribution in [3.63, 3.8) is 0 Å². The lowest BCUT2D eigenvalue weighted by molar-refractivity contribution is -0.144. The summed E-state index contributed by atoms with van der Waals surface area (Å²) in [6.07, 6.45) is 0.218. The first kappa shape index (κ1) is 17.2. The number of pyridine rings is 1. The van der Waals surface area contributed by atoms with Gasteiger partial charge in [-0.1, -0.05) is 23.2 Å². The van der Waals surface area contributed by atoms with Crippen LogP contribution < -0.4 is 4.74 Å². The van der Waals surface area contributed by atoms with Gasteiger partial charge in [-0.15, -0.1) is 0 Å². The lowest BCUT2D eigenvalue weighted by Gasteiger charge is -2.24. The quantitative estimate of drug-likeness (QED) is 0.865. The monoisotopic (exact) mass is 370 g/mol. The Bertz CT molecular complexity index is 828. The van der Waals surface area contributed by atoms with Crippen molar-refractivity contribution in [2.75, 3.05) is 13.7 Å². The molecule has 2 atom stereocenters. The van der Waals surface area contributed by atoms with Gasteiger partial charge in [0, 0.05) is 18.1 Å². The van der Waals surface area contributed by atoms with E-state index < -0.39 is 18.6 Å². The highest BCUT2D eigenvalue weighted by molar-refractivity contribution is 6.46. The van der Waals surface area contributed by atoms with Gasteiger partial charge in [-0.25, -0.2) is 0 Å². The van der Waals surface area contributed by atoms with Crippen molar-refractivity contribution in [1.29, 1.82) is 0 Å². The molecule has 3 rings (SSSR count). The van der Waals surface area contributed by atoms with Gasteiger partial charge in [-0.05, 0) is 24.1 Å². The number of carbonyl (C=O) groups excluding carboxylic acids is 1. The van der Waals surface area contributed by atoms with E-state index in [9.17, 15) is 9.90 Å². The molecular weight excluding hydrogens is 355 g/mol. The lowest BCUT2D eigenvalue weighted by atomic mass is 10.0. The average molecular weight is 371 g/mol. The van der Waals surface area contributed by atoms with Gasteiger partial charge in [0.25, 0.3) is 5.91 Å². The second-order valence-corrected chi connectivity index (χ2v) is 6.40. The van der Waals surface area contributed by atoms with Crippen molar-refractivity contribution in [2.45, 2.75) is 25.6 Å². The number of methoxy groups -OCH3 is 1. The third-order valence-electron chi connectivity index (χ3n) is 4.32. The Labute approximate surface area is 148 Å². The zero-order valence-corrected chi connectivity index (χ0v) is 14.6. The van der Waals surface area contributed by atoms with E-state index in [1.54, 1.807) is 12.3 Å². The molecule has 8 heteroatoms. The van der Waals surface area contributed by atoms with Crippen molar-refractivity contribution in [2.24, 2.45) is 0 Å². The number of halogens is 2. The van der Waals surface area contributed by atoms with Gasteiger partial charge in [0.1, 0.15) is 10.8 Å². The third kappa shape index (κ3) is 2.50. The number of carbonyl (C=O) groups is 1. The molecule has 1 aromatic heterocycles. The molecule has 1 aromatic carbocycles. The maximum Gasteiger partial charge on any atom is 0.254 e. The number of rotatable bonds is 3. The van der Waals surface area contributed by atoms with E-state index in [0.717, 1.165) is 16.5 Å². The van der Waals surface area contributed by atoms with E-state index in [1.807, 2.05) is 6.92 Å². The summed E-state index contributed by atoms with van der Waals surface area (Å²) in [5, 5.41) is 20.0. The van der Waals surface area contributed by atoms with E-state index >= 15 is 0 Å². The summed E-state index contributed by atoms with van der Waals surface area (Å²) in [5.41, 5.74) is 2.27. The van der Waals surface area contributed by atoms with Gasteiger partial charge >= 0.3 is 0 Å². The van der Waals surface area contributed by atoms with Crippen LogP contribution >= 0.6 is 23.2 Å². The number of aliphatic hydroxyl groups is 2. The van der Waals surface area contributed by atoms with E-state index in [2.05, 4.69) is 4.98 Å². The number of ether oxygens (including phenoxy) is 1. The second kappa shape index (κ2) is 6.37. The maximum absolute atomic E-state index is 12.3. The molecule has 0 spiro atoms. The van der Waals surface area contributed by atoms with Crippen molar-refractivity contribution in [3.05, 3.63) is 33.4 Å². The first-order valence-corrected chi connectivity index (χ1v) is 8.09. The highest BCUT2D eigenvalue weighted by Crippen LogP contribution is 2.44. The molecule has 0 radical (unpaired) electrons. The normalized spacial score (nSPS) is 17.9. The van der Waals surface area contributed by atoms with Gasteiger partial charge < -0.3 is 19.8 Å². The summed E-state index contributed by atoms with van der Waals surface area (Å²) < 4.78 is 5.26. The molecule has 2 heterocycles. The number of hydrogen-bond donors (Lipinski definition) is 2. The van der Waals surface area contributed by atoms with Gasteiger partial charge in [-0.3, -0.25) is 9.78 Å². The van der Waals surface area contributed by atoms with Crippen LogP contribution in [-0.2, 0) is 11.3 Å². The molecule has 0 saturated carbocycles. The van der Waals surface area contributed by atoms with Crippen LogP contribution in [0.3, 0.4) is 0 Å². The number of fused-ring (bicyclic) bond motifs is 3. The smallest absolute Gasteiger partial charge is 0.254 e. The lowest BCUT2D eigenvalue weighted by Crippen LogP contribution is -2.39. The summed E-state index contributed by atoms with van der Waals surface area (Å²) >= 11 is 12.5. The highest BCUT2D eigenvalue weighted by Gasteiger charge is 2.35. The Morgan fingerprint density at radius 3 is 2.83 bits per heavy atom. The maximum atomic E-state index is 12.3. The Morgan fingerprint density at radius 1 is 1.50 bits per heavy atom. The molecule has 1 amide bonds. The molecule has 1 aliphatic rings. The summed E-state index contributed by atoms with van der Waals surface area (Å²) in [5.74, 6) is -0.0990. The SMILES string of the molecule is COc1cc2c3c(cnc2c(Cl)c1Cl)CN(C(=O)C(O)CO)[C@H]3C. The molecular formula is C16H16Cl2N2O4. The molecule has 1 unspecified atom stereocenters.